The molecule has 0 aromatic heterocycles. The molecule has 2 nitrogen and oxygen atoms in total. The Kier molecular flexibility index (Phi) is 8.97. The van der Waals surface area contributed by atoms with Crippen molar-refractivity contribution in [3.8, 4) is 0 Å². The molecule has 0 N–H and O–H groups in total. The first-order chi connectivity index (χ1) is 17.2. The number of hydrogen-bond donors (Lipinski definition) is 0. The van der Waals surface area contributed by atoms with Gasteiger partial charge in [-0.2, -0.15) is 114 Å². The van der Waals surface area contributed by atoms with Gasteiger partial charge in [-0.25, -0.2) is 0 Å². The molecular weight excluding hydrogens is 678 g/mol. The minimum Gasteiger partial charge on any atom is -0.192 e. The van der Waals surface area contributed by atoms with Crippen molar-refractivity contribution in [2.24, 2.45) is 9.98 Å². The first kappa shape index (κ1) is 38.6. The summed E-state index contributed by atoms with van der Waals surface area (Å²) in [4.78, 5) is 0.339. The molecule has 0 bridgehead atoms. The molecule has 0 fully saturated rings. The number of aliphatic imine (C=N–C) groups is 2. The van der Waals surface area contributed by atoms with Crippen molar-refractivity contribution in [2.75, 3.05) is 0 Å². The van der Waals surface area contributed by atoms with E-state index in [9.17, 15) is 114 Å². The molecule has 0 radical (unpaired) electrons. The molecule has 0 rings (SSSR count). The maximum atomic E-state index is 13.2. The molecule has 0 saturated carbocycles. The van der Waals surface area contributed by atoms with Crippen molar-refractivity contribution in [1.29, 1.82) is 0 Å². The van der Waals surface area contributed by atoms with E-state index in [1.165, 1.54) is 0 Å². The lowest BCUT2D eigenvalue weighted by Gasteiger charge is -2.38. The van der Waals surface area contributed by atoms with Crippen LogP contribution in [0.4, 0.5) is 114 Å². The van der Waals surface area contributed by atoms with E-state index in [4.69, 9.17) is 0 Å². The van der Waals surface area contributed by atoms with Crippen LogP contribution in [0, 0.1) is 0 Å². The van der Waals surface area contributed by atoms with Crippen molar-refractivity contribution >= 4 is 6.01 Å². The molecule has 0 heterocycles. The Morgan fingerprint density at radius 3 is 0.585 bits per heavy atom. The molecule has 0 aromatic rings. The normalized spacial score (nSPS) is 16.4. The van der Waals surface area contributed by atoms with Gasteiger partial charge in [-0.1, -0.05) is 0 Å². The van der Waals surface area contributed by atoms with Crippen molar-refractivity contribution in [3.05, 3.63) is 0 Å². The summed E-state index contributed by atoms with van der Waals surface area (Å²) in [7, 11) is 0. The highest BCUT2D eigenvalue weighted by Gasteiger charge is 2.92. The monoisotopic (exact) mass is 678 g/mol. The Bertz CT molecular complexity index is 941. The van der Waals surface area contributed by atoms with E-state index in [1.54, 1.807) is 0 Å². The third kappa shape index (κ3) is 5.20. The van der Waals surface area contributed by atoms with Gasteiger partial charge < -0.3 is 0 Å². The first-order valence-corrected chi connectivity index (χ1v) is 8.31. The number of hydrogen-bond acceptors (Lipinski definition) is 2. The predicted octanol–water partition coefficient (Wildman–Crippen LogP) is 8.55. The lowest BCUT2D eigenvalue weighted by molar-refractivity contribution is -0.439. The molecule has 0 aliphatic carbocycles. The maximum Gasteiger partial charge on any atom is 0.460 e. The van der Waals surface area contributed by atoms with E-state index in [1.807, 2.05) is 0 Å². The zero-order chi connectivity index (χ0) is 34.1. The van der Waals surface area contributed by atoms with Crippen molar-refractivity contribution in [1.82, 2.24) is 0 Å². The molecule has 0 aliphatic heterocycles. The minimum atomic E-state index is -8.67. The Morgan fingerprint density at radius 1 is 0.244 bits per heavy atom. The van der Waals surface area contributed by atoms with E-state index in [0.717, 1.165) is 0 Å². The standard InChI is InChI=1S/C13F26N2/c14-2(15,6(22,23)10(30,31)32)4(18,19)8(26,27)12(36,37)40-1-41-13(38,39)9(28,29)5(20,21)3(16,17)7(24,25)11(33,34)35. The fraction of sp³-hybridized carbons (Fsp3) is 0.923. The van der Waals surface area contributed by atoms with Crippen LogP contribution < -0.4 is 0 Å². The smallest absolute Gasteiger partial charge is 0.192 e. The summed E-state index contributed by atoms with van der Waals surface area (Å²) in [6.07, 6.45) is -15.8. The molecule has 41 heavy (non-hydrogen) atoms. The van der Waals surface area contributed by atoms with Gasteiger partial charge in [0.25, 0.3) is 0 Å². The van der Waals surface area contributed by atoms with Gasteiger partial charge in [-0.05, 0) is 0 Å². The molecule has 0 amide bonds. The molecule has 0 spiro atoms. The maximum absolute atomic E-state index is 13.2. The van der Waals surface area contributed by atoms with Crippen LogP contribution in [0.25, 0.3) is 0 Å². The summed E-state index contributed by atoms with van der Waals surface area (Å²) in [6, 6.07) is -16.7. The van der Waals surface area contributed by atoms with E-state index in [2.05, 4.69) is 0 Å². The van der Waals surface area contributed by atoms with Gasteiger partial charge in [0.05, 0.1) is 0 Å². The summed E-state index contributed by atoms with van der Waals surface area (Å²) in [5.41, 5.74) is 0. The summed E-state index contributed by atoms with van der Waals surface area (Å²) in [6.45, 7) is 0. The van der Waals surface area contributed by atoms with Crippen molar-refractivity contribution < 1.29 is 114 Å². The second-order valence-electron chi connectivity index (χ2n) is 7.00. The zero-order valence-corrected chi connectivity index (χ0v) is 17.2. The second kappa shape index (κ2) is 9.54. The third-order valence-corrected chi connectivity index (χ3v) is 4.21. The molecule has 0 unspecified atom stereocenters. The van der Waals surface area contributed by atoms with Gasteiger partial charge in [-0.15, -0.1) is 9.98 Å². The van der Waals surface area contributed by atoms with Crippen LogP contribution in [-0.2, 0) is 0 Å². The van der Waals surface area contributed by atoms with E-state index in [0.29, 0.717) is 0 Å². The topological polar surface area (TPSA) is 24.7 Å². The van der Waals surface area contributed by atoms with Crippen LogP contribution in [0.5, 0.6) is 0 Å². The van der Waals surface area contributed by atoms with E-state index >= 15 is 0 Å². The SMILES string of the molecule is FC(F)(F)C(F)(F)C(F)(F)C(F)(F)C(F)(F)C(F)(F)N=C=NC(F)(F)C(F)(F)C(F)(F)C(F)(F)C(F)(F)C(F)(F)F. The van der Waals surface area contributed by atoms with Crippen LogP contribution >= 0.6 is 0 Å². The Labute approximate surface area is 203 Å². The minimum absolute atomic E-state index is 0.169. The number of alkyl halides is 26. The second-order valence-corrected chi connectivity index (χ2v) is 7.00. The average Bonchev–Trinajstić information content (AvgIpc) is 2.70. The largest absolute Gasteiger partial charge is 0.460 e. The summed E-state index contributed by atoms with van der Waals surface area (Å²) in [5, 5.41) is 0. The average molecular weight is 678 g/mol. The highest BCUT2D eigenvalue weighted by Crippen LogP contribution is 2.62. The van der Waals surface area contributed by atoms with Crippen LogP contribution in [0.15, 0.2) is 9.98 Å². The lowest BCUT2D eigenvalue weighted by atomic mass is 9.96. The van der Waals surface area contributed by atoms with Gasteiger partial charge in [0.1, 0.15) is 6.01 Å². The van der Waals surface area contributed by atoms with Crippen molar-refractivity contribution in [2.45, 2.75) is 71.8 Å². The van der Waals surface area contributed by atoms with Gasteiger partial charge in [0.2, 0.25) is 0 Å². The van der Waals surface area contributed by atoms with Gasteiger partial charge >= 0.3 is 71.8 Å². The lowest BCUT2D eigenvalue weighted by Crippen LogP contribution is -2.70. The Balaban J connectivity index is 6.85. The van der Waals surface area contributed by atoms with E-state index < -0.39 is 77.8 Å². The van der Waals surface area contributed by atoms with Crippen LogP contribution in [0.2, 0.25) is 0 Å². The quantitative estimate of drug-likeness (QED) is 0.126. The van der Waals surface area contributed by atoms with Crippen LogP contribution in [0.3, 0.4) is 0 Å². The molecule has 0 saturated heterocycles. The summed E-state index contributed by atoms with van der Waals surface area (Å²) >= 11 is 0. The van der Waals surface area contributed by atoms with Gasteiger partial charge in [0, 0.05) is 0 Å². The number of nitrogens with zero attached hydrogens (tertiary/aromatic N) is 2. The van der Waals surface area contributed by atoms with Crippen LogP contribution in [0.1, 0.15) is 0 Å². The highest BCUT2D eigenvalue weighted by atomic mass is 19.4. The highest BCUT2D eigenvalue weighted by molar-refractivity contribution is 5.43. The molecule has 244 valence electrons. The van der Waals surface area contributed by atoms with E-state index in [-0.39, 0.29) is 9.98 Å². The fourth-order valence-corrected chi connectivity index (χ4v) is 1.81. The van der Waals surface area contributed by atoms with Crippen molar-refractivity contribution in [3.63, 3.8) is 0 Å². The number of rotatable bonds is 10. The first-order valence-electron chi connectivity index (χ1n) is 8.31. The van der Waals surface area contributed by atoms with Crippen LogP contribution in [-0.4, -0.2) is 77.8 Å². The Hall–Kier alpha value is -2.44. The molecule has 0 aliphatic rings. The fourth-order valence-electron chi connectivity index (χ4n) is 1.81. The molecule has 0 aromatic carbocycles. The summed E-state index contributed by atoms with van der Waals surface area (Å²) < 4.78 is 332. The molecular formula is C13F26N2. The zero-order valence-electron chi connectivity index (χ0n) is 17.2. The van der Waals surface area contributed by atoms with Gasteiger partial charge in [-0.3, -0.25) is 0 Å². The molecule has 0 atom stereocenters. The summed E-state index contributed by atoms with van der Waals surface area (Å²) in [5.74, 6) is -68.1. The predicted molar refractivity (Wildman–Crippen MR) is 71.4 cm³/mol. The molecule has 28 heteroatoms. The third-order valence-electron chi connectivity index (χ3n) is 4.21. The Morgan fingerprint density at radius 2 is 0.415 bits per heavy atom. The van der Waals surface area contributed by atoms with Gasteiger partial charge in [0.15, 0.2) is 0 Å². The number of halogens is 26.